The van der Waals surface area contributed by atoms with E-state index in [1.807, 2.05) is 6.07 Å². The zero-order valence-corrected chi connectivity index (χ0v) is 21.0. The van der Waals surface area contributed by atoms with Crippen LogP contribution in [0.1, 0.15) is 101 Å². The first kappa shape index (κ1) is 25.9. The highest BCUT2D eigenvalue weighted by molar-refractivity contribution is 14.1. The fourth-order valence-electron chi connectivity index (χ4n) is 3.13. The normalized spacial score (nSPS) is 13.4. The SMILES string of the molecule is CCCCC(OC(=O)c1ccc(I)cc1C(=O)OC(CCCC)C(C)C)C(C)C. The number of benzene rings is 1. The lowest BCUT2D eigenvalue weighted by atomic mass is 10.0. The van der Waals surface area contributed by atoms with Gasteiger partial charge in [0.25, 0.3) is 0 Å². The summed E-state index contributed by atoms with van der Waals surface area (Å²) in [6.07, 6.45) is 5.46. The number of carbonyl (C=O) groups excluding carboxylic acids is 2. The van der Waals surface area contributed by atoms with Gasteiger partial charge in [-0.3, -0.25) is 0 Å². The average Bonchev–Trinajstić information content (AvgIpc) is 2.67. The Hall–Kier alpha value is -1.11. The topological polar surface area (TPSA) is 52.6 Å². The molecule has 0 amide bonds. The van der Waals surface area contributed by atoms with E-state index in [2.05, 4.69) is 64.1 Å². The van der Waals surface area contributed by atoms with Gasteiger partial charge in [0.15, 0.2) is 0 Å². The number of halogens is 1. The van der Waals surface area contributed by atoms with Gasteiger partial charge in [0.2, 0.25) is 0 Å². The van der Waals surface area contributed by atoms with Crippen LogP contribution in [0.4, 0.5) is 0 Å². The third-order valence-electron chi connectivity index (χ3n) is 5.11. The minimum atomic E-state index is -0.446. The number of unbranched alkanes of at least 4 members (excludes halogenated alkanes) is 2. The largest absolute Gasteiger partial charge is 0.458 e. The number of carbonyl (C=O) groups is 2. The molecule has 2 atom stereocenters. The molecule has 0 spiro atoms. The summed E-state index contributed by atoms with van der Waals surface area (Å²) >= 11 is 2.14. The molecule has 29 heavy (non-hydrogen) atoms. The monoisotopic (exact) mass is 516 g/mol. The molecule has 0 N–H and O–H groups in total. The van der Waals surface area contributed by atoms with Crippen LogP contribution in [0.3, 0.4) is 0 Å². The molecule has 1 rings (SSSR count). The first-order valence-corrected chi connectivity index (χ1v) is 12.0. The molecule has 5 heteroatoms. The third kappa shape index (κ3) is 8.65. The van der Waals surface area contributed by atoms with Crippen LogP contribution in [0.15, 0.2) is 18.2 Å². The maximum Gasteiger partial charge on any atom is 0.339 e. The molecular formula is C24H37IO4. The fourth-order valence-corrected chi connectivity index (χ4v) is 3.62. The first-order valence-electron chi connectivity index (χ1n) is 10.9. The van der Waals surface area contributed by atoms with Gasteiger partial charge in [-0.05, 0) is 65.5 Å². The fraction of sp³-hybridized carbons (Fsp3) is 0.667. The lowest BCUT2D eigenvalue weighted by Gasteiger charge is -2.23. The van der Waals surface area contributed by atoms with Gasteiger partial charge in [-0.15, -0.1) is 0 Å². The van der Waals surface area contributed by atoms with Crippen LogP contribution in [-0.4, -0.2) is 24.1 Å². The minimum absolute atomic E-state index is 0.154. The summed E-state index contributed by atoms with van der Waals surface area (Å²) in [6, 6.07) is 5.21. The van der Waals surface area contributed by atoms with E-state index in [1.165, 1.54) is 0 Å². The van der Waals surface area contributed by atoms with Gasteiger partial charge in [0.05, 0.1) is 11.1 Å². The zero-order chi connectivity index (χ0) is 22.0. The maximum absolute atomic E-state index is 13.0. The van der Waals surface area contributed by atoms with Crippen molar-refractivity contribution in [1.29, 1.82) is 0 Å². The van der Waals surface area contributed by atoms with E-state index in [4.69, 9.17) is 9.47 Å². The number of ether oxygens (including phenoxy) is 2. The molecule has 0 saturated heterocycles. The molecule has 0 heterocycles. The highest BCUT2D eigenvalue weighted by Crippen LogP contribution is 2.23. The van der Waals surface area contributed by atoms with Gasteiger partial charge in [-0.25, -0.2) is 9.59 Å². The Morgan fingerprint density at radius 2 is 1.28 bits per heavy atom. The van der Waals surface area contributed by atoms with Gasteiger partial charge >= 0.3 is 11.9 Å². The summed E-state index contributed by atoms with van der Waals surface area (Å²) in [4.78, 5) is 25.9. The average molecular weight is 516 g/mol. The van der Waals surface area contributed by atoms with Crippen molar-refractivity contribution < 1.29 is 19.1 Å². The molecule has 0 bridgehead atoms. The molecule has 0 aliphatic heterocycles. The van der Waals surface area contributed by atoms with Crippen molar-refractivity contribution >= 4 is 34.5 Å². The quantitative estimate of drug-likeness (QED) is 0.221. The number of esters is 2. The zero-order valence-electron chi connectivity index (χ0n) is 18.8. The summed E-state index contributed by atoms with van der Waals surface area (Å²) in [7, 11) is 0. The Morgan fingerprint density at radius 3 is 1.69 bits per heavy atom. The Morgan fingerprint density at radius 1 is 0.828 bits per heavy atom. The Labute approximate surface area is 190 Å². The van der Waals surface area contributed by atoms with Gasteiger partial charge in [0.1, 0.15) is 12.2 Å². The second-order valence-electron chi connectivity index (χ2n) is 8.35. The van der Waals surface area contributed by atoms with Crippen molar-refractivity contribution in [2.45, 2.75) is 92.3 Å². The second kappa shape index (κ2) is 13.2. The van der Waals surface area contributed by atoms with Crippen molar-refractivity contribution in [2.75, 3.05) is 0 Å². The molecular weight excluding hydrogens is 479 g/mol. The molecule has 4 nitrogen and oxygen atoms in total. The lowest BCUT2D eigenvalue weighted by Crippen LogP contribution is -2.27. The molecule has 0 aliphatic rings. The minimum Gasteiger partial charge on any atom is -0.458 e. The van der Waals surface area contributed by atoms with Crippen LogP contribution < -0.4 is 0 Å². The van der Waals surface area contributed by atoms with Crippen molar-refractivity contribution in [1.82, 2.24) is 0 Å². The number of hydrogen-bond acceptors (Lipinski definition) is 4. The Bertz CT molecular complexity index is 654. The van der Waals surface area contributed by atoms with Gasteiger partial charge in [-0.2, -0.15) is 0 Å². The molecule has 0 radical (unpaired) electrons. The van der Waals surface area contributed by atoms with Crippen LogP contribution in [0.25, 0.3) is 0 Å². The maximum atomic E-state index is 13.0. The van der Waals surface area contributed by atoms with E-state index in [0.717, 1.165) is 42.1 Å². The predicted octanol–water partition coefficient (Wildman–Crippen LogP) is 7.03. The number of hydrogen-bond donors (Lipinski definition) is 0. The predicted molar refractivity (Wildman–Crippen MR) is 126 cm³/mol. The van der Waals surface area contributed by atoms with E-state index < -0.39 is 11.9 Å². The Kier molecular flexibility index (Phi) is 11.8. The van der Waals surface area contributed by atoms with Crippen LogP contribution in [0, 0.1) is 15.4 Å². The molecule has 0 aliphatic carbocycles. The van der Waals surface area contributed by atoms with Crippen LogP contribution in [0.5, 0.6) is 0 Å². The third-order valence-corrected chi connectivity index (χ3v) is 5.78. The lowest BCUT2D eigenvalue weighted by molar-refractivity contribution is 0.0107. The summed E-state index contributed by atoms with van der Waals surface area (Å²) in [6.45, 7) is 12.5. The van der Waals surface area contributed by atoms with Gasteiger partial charge in [-0.1, -0.05) is 67.2 Å². The van der Waals surface area contributed by atoms with Crippen LogP contribution in [-0.2, 0) is 9.47 Å². The van der Waals surface area contributed by atoms with Gasteiger partial charge in [0, 0.05) is 3.57 Å². The first-order chi connectivity index (χ1) is 13.7. The standard InChI is InChI=1S/C24H37IO4/c1-7-9-11-21(16(3)4)28-23(26)19-14-13-18(25)15-20(19)24(27)29-22(17(5)6)12-10-8-2/h13-17,21-22H,7-12H2,1-6H3. The highest BCUT2D eigenvalue weighted by atomic mass is 127. The molecule has 0 saturated carbocycles. The Balaban J connectivity index is 3.06. The van der Waals surface area contributed by atoms with Crippen LogP contribution in [0.2, 0.25) is 0 Å². The van der Waals surface area contributed by atoms with Gasteiger partial charge < -0.3 is 9.47 Å². The second-order valence-corrected chi connectivity index (χ2v) is 9.60. The molecule has 0 aromatic heterocycles. The summed E-state index contributed by atoms with van der Waals surface area (Å²) in [5.41, 5.74) is 0.581. The van der Waals surface area contributed by atoms with Crippen molar-refractivity contribution in [3.63, 3.8) is 0 Å². The van der Waals surface area contributed by atoms with Crippen molar-refractivity contribution in [3.05, 3.63) is 32.9 Å². The van der Waals surface area contributed by atoms with E-state index in [0.29, 0.717) is 5.56 Å². The van der Waals surface area contributed by atoms with E-state index in [-0.39, 0.29) is 29.6 Å². The number of rotatable bonds is 12. The highest BCUT2D eigenvalue weighted by Gasteiger charge is 2.26. The molecule has 164 valence electrons. The van der Waals surface area contributed by atoms with Crippen molar-refractivity contribution in [3.8, 4) is 0 Å². The van der Waals surface area contributed by atoms with E-state index in [9.17, 15) is 9.59 Å². The summed E-state index contributed by atoms with van der Waals surface area (Å²) < 4.78 is 12.5. The molecule has 2 unspecified atom stereocenters. The summed E-state index contributed by atoms with van der Waals surface area (Å²) in [5, 5.41) is 0. The molecule has 0 fully saturated rings. The van der Waals surface area contributed by atoms with Crippen LogP contribution >= 0.6 is 22.6 Å². The van der Waals surface area contributed by atoms with E-state index in [1.54, 1.807) is 12.1 Å². The van der Waals surface area contributed by atoms with E-state index >= 15 is 0 Å². The van der Waals surface area contributed by atoms with Crippen molar-refractivity contribution in [2.24, 2.45) is 11.8 Å². The summed E-state index contributed by atoms with van der Waals surface area (Å²) in [5.74, 6) is -0.440. The molecule has 1 aromatic rings. The molecule has 1 aromatic carbocycles. The smallest absolute Gasteiger partial charge is 0.339 e.